The Kier molecular flexibility index (Phi) is 5.83. The Morgan fingerprint density at radius 3 is 2.47 bits per heavy atom. The molecule has 4 nitrogen and oxygen atoms in total. The van der Waals surface area contributed by atoms with Crippen LogP contribution in [0.25, 0.3) is 0 Å². The van der Waals surface area contributed by atoms with Crippen LogP contribution in [0, 0.1) is 11.8 Å². The monoisotopic (exact) mass is 270 g/mol. The number of carbonyl (C=O) groups excluding carboxylic acids is 2. The summed E-state index contributed by atoms with van der Waals surface area (Å²) in [6.45, 7) is 5.62. The first kappa shape index (κ1) is 16.0. The van der Waals surface area contributed by atoms with Crippen molar-refractivity contribution >= 4 is 11.9 Å². The van der Waals surface area contributed by atoms with Crippen molar-refractivity contribution in [1.29, 1.82) is 0 Å². The molecule has 0 aromatic rings. The van der Waals surface area contributed by atoms with Gasteiger partial charge < -0.3 is 9.47 Å². The molecular formula is C15H26O4. The molecule has 0 saturated heterocycles. The van der Waals surface area contributed by atoms with E-state index in [0.717, 1.165) is 32.1 Å². The number of hydrogen-bond donors (Lipinski definition) is 0. The molecular weight excluding hydrogens is 244 g/mol. The minimum atomic E-state index is -0.418. The van der Waals surface area contributed by atoms with Gasteiger partial charge in [0.1, 0.15) is 5.60 Å². The first-order valence-electron chi connectivity index (χ1n) is 7.11. The second kappa shape index (κ2) is 6.92. The van der Waals surface area contributed by atoms with Crippen LogP contribution in [-0.4, -0.2) is 24.6 Å². The van der Waals surface area contributed by atoms with Crippen LogP contribution in [-0.2, 0) is 19.1 Å². The highest BCUT2D eigenvalue weighted by atomic mass is 16.6. The zero-order chi connectivity index (χ0) is 14.5. The van der Waals surface area contributed by atoms with Crippen LogP contribution >= 0.6 is 0 Å². The number of ether oxygens (including phenoxy) is 2. The van der Waals surface area contributed by atoms with E-state index in [0.29, 0.717) is 12.3 Å². The predicted molar refractivity (Wildman–Crippen MR) is 72.5 cm³/mol. The summed E-state index contributed by atoms with van der Waals surface area (Å²) in [6.07, 6.45) is 5.14. The highest BCUT2D eigenvalue weighted by Gasteiger charge is 2.28. The molecule has 1 rings (SSSR count). The Labute approximate surface area is 115 Å². The summed E-state index contributed by atoms with van der Waals surface area (Å²) in [5, 5.41) is 0. The first-order valence-corrected chi connectivity index (χ1v) is 7.11. The van der Waals surface area contributed by atoms with Gasteiger partial charge in [0.05, 0.1) is 13.0 Å². The summed E-state index contributed by atoms with van der Waals surface area (Å²) >= 11 is 0. The molecule has 0 spiro atoms. The molecule has 0 radical (unpaired) electrons. The number of carbonyl (C=O) groups is 2. The van der Waals surface area contributed by atoms with Gasteiger partial charge in [0, 0.05) is 6.42 Å². The molecule has 1 fully saturated rings. The quantitative estimate of drug-likeness (QED) is 0.737. The molecule has 0 amide bonds. The number of esters is 2. The van der Waals surface area contributed by atoms with Gasteiger partial charge in [0.2, 0.25) is 0 Å². The lowest BCUT2D eigenvalue weighted by atomic mass is 9.79. The zero-order valence-electron chi connectivity index (χ0n) is 12.5. The zero-order valence-corrected chi connectivity index (χ0v) is 12.5. The molecule has 19 heavy (non-hydrogen) atoms. The molecule has 2 atom stereocenters. The molecule has 1 saturated carbocycles. The van der Waals surface area contributed by atoms with E-state index in [1.807, 2.05) is 20.8 Å². The molecule has 0 heterocycles. The lowest BCUT2D eigenvalue weighted by Gasteiger charge is -2.27. The summed E-state index contributed by atoms with van der Waals surface area (Å²) in [4.78, 5) is 23.2. The number of rotatable bonds is 4. The van der Waals surface area contributed by atoms with Crippen LogP contribution in [0.3, 0.4) is 0 Å². The first-order chi connectivity index (χ1) is 8.81. The Morgan fingerprint density at radius 2 is 1.89 bits per heavy atom. The van der Waals surface area contributed by atoms with Gasteiger partial charge in [-0.3, -0.25) is 9.59 Å². The van der Waals surface area contributed by atoms with Crippen LogP contribution in [0.1, 0.15) is 59.3 Å². The summed E-state index contributed by atoms with van der Waals surface area (Å²) in [7, 11) is 1.44. The maximum Gasteiger partial charge on any atom is 0.308 e. The van der Waals surface area contributed by atoms with Crippen molar-refractivity contribution in [1.82, 2.24) is 0 Å². The van der Waals surface area contributed by atoms with Crippen LogP contribution in [0.5, 0.6) is 0 Å². The maximum atomic E-state index is 11.7. The molecule has 0 aliphatic heterocycles. The Balaban J connectivity index is 2.33. The summed E-state index contributed by atoms with van der Waals surface area (Å²) < 4.78 is 10.1. The average molecular weight is 270 g/mol. The van der Waals surface area contributed by atoms with Crippen molar-refractivity contribution in [2.45, 2.75) is 64.9 Å². The third kappa shape index (κ3) is 6.08. The smallest absolute Gasteiger partial charge is 0.308 e. The second-order valence-electron chi connectivity index (χ2n) is 6.38. The van der Waals surface area contributed by atoms with Gasteiger partial charge in [-0.25, -0.2) is 0 Å². The standard InChI is InChI=1S/C15H26O4/c1-15(2,3)19-13(16)9-8-11-6-5-7-12(10-11)14(17)18-4/h11-12H,5-10H2,1-4H3/t11?,12-/m1/s1. The number of hydrogen-bond acceptors (Lipinski definition) is 4. The summed E-state index contributed by atoms with van der Waals surface area (Å²) in [5.74, 6) is 0.197. The van der Waals surface area contributed by atoms with Crippen LogP contribution in [0.4, 0.5) is 0 Å². The highest BCUT2D eigenvalue weighted by Crippen LogP contribution is 2.32. The predicted octanol–water partition coefficient (Wildman–Crippen LogP) is 3.09. The average Bonchev–Trinajstić information content (AvgIpc) is 2.34. The van der Waals surface area contributed by atoms with Crippen LogP contribution in [0.15, 0.2) is 0 Å². The summed E-state index contributed by atoms with van der Waals surface area (Å²) in [5.41, 5.74) is -0.418. The van der Waals surface area contributed by atoms with Gasteiger partial charge in [-0.15, -0.1) is 0 Å². The fourth-order valence-corrected chi connectivity index (χ4v) is 2.65. The molecule has 0 aromatic carbocycles. The Bertz CT molecular complexity index is 317. The molecule has 0 aromatic heterocycles. The molecule has 1 aliphatic carbocycles. The van der Waals surface area contributed by atoms with E-state index in [1.54, 1.807) is 0 Å². The third-order valence-corrected chi connectivity index (χ3v) is 3.49. The molecule has 0 bridgehead atoms. The fourth-order valence-electron chi connectivity index (χ4n) is 2.65. The van der Waals surface area contributed by atoms with Crippen molar-refractivity contribution in [3.05, 3.63) is 0 Å². The van der Waals surface area contributed by atoms with E-state index in [2.05, 4.69) is 0 Å². The third-order valence-electron chi connectivity index (χ3n) is 3.49. The van der Waals surface area contributed by atoms with E-state index in [1.165, 1.54) is 7.11 Å². The van der Waals surface area contributed by atoms with Crippen molar-refractivity contribution in [2.24, 2.45) is 11.8 Å². The van der Waals surface area contributed by atoms with Crippen molar-refractivity contribution in [2.75, 3.05) is 7.11 Å². The van der Waals surface area contributed by atoms with E-state index in [4.69, 9.17) is 9.47 Å². The van der Waals surface area contributed by atoms with Gasteiger partial charge in [0.15, 0.2) is 0 Å². The summed E-state index contributed by atoms with van der Waals surface area (Å²) in [6, 6.07) is 0. The highest BCUT2D eigenvalue weighted by molar-refractivity contribution is 5.72. The molecule has 4 heteroatoms. The van der Waals surface area contributed by atoms with Crippen molar-refractivity contribution < 1.29 is 19.1 Å². The van der Waals surface area contributed by atoms with Gasteiger partial charge >= 0.3 is 11.9 Å². The lowest BCUT2D eigenvalue weighted by Crippen LogP contribution is -2.26. The Hall–Kier alpha value is -1.06. The van der Waals surface area contributed by atoms with E-state index in [9.17, 15) is 9.59 Å². The molecule has 1 unspecified atom stereocenters. The van der Waals surface area contributed by atoms with Gasteiger partial charge in [-0.05, 0) is 46.0 Å². The minimum absolute atomic E-state index is 0.0161. The lowest BCUT2D eigenvalue weighted by molar-refractivity contribution is -0.155. The van der Waals surface area contributed by atoms with E-state index >= 15 is 0 Å². The van der Waals surface area contributed by atoms with Gasteiger partial charge in [0.25, 0.3) is 0 Å². The topological polar surface area (TPSA) is 52.6 Å². The molecule has 110 valence electrons. The molecule has 0 N–H and O–H groups in total. The van der Waals surface area contributed by atoms with E-state index < -0.39 is 5.60 Å². The fraction of sp³-hybridized carbons (Fsp3) is 0.867. The van der Waals surface area contributed by atoms with Crippen molar-refractivity contribution in [3.8, 4) is 0 Å². The number of methoxy groups -OCH3 is 1. The maximum absolute atomic E-state index is 11.7. The minimum Gasteiger partial charge on any atom is -0.469 e. The van der Waals surface area contributed by atoms with Gasteiger partial charge in [-0.2, -0.15) is 0 Å². The van der Waals surface area contributed by atoms with Gasteiger partial charge in [-0.1, -0.05) is 12.8 Å². The van der Waals surface area contributed by atoms with Crippen LogP contribution < -0.4 is 0 Å². The van der Waals surface area contributed by atoms with Crippen LogP contribution in [0.2, 0.25) is 0 Å². The SMILES string of the molecule is COC(=O)[C@@H]1CCCC(CCC(=O)OC(C)(C)C)C1. The largest absolute Gasteiger partial charge is 0.469 e. The van der Waals surface area contributed by atoms with E-state index in [-0.39, 0.29) is 17.9 Å². The second-order valence-corrected chi connectivity index (χ2v) is 6.38. The normalized spacial score (nSPS) is 23.8. The molecule has 1 aliphatic rings. The Morgan fingerprint density at radius 1 is 1.21 bits per heavy atom. The van der Waals surface area contributed by atoms with Crippen molar-refractivity contribution in [3.63, 3.8) is 0 Å².